The van der Waals surface area contributed by atoms with Gasteiger partial charge in [-0.3, -0.25) is 4.79 Å². The van der Waals surface area contributed by atoms with E-state index in [1.54, 1.807) is 0 Å². The Balaban J connectivity index is 1.35. The summed E-state index contributed by atoms with van der Waals surface area (Å²) >= 11 is 0. The molecule has 1 N–H and O–H groups in total. The summed E-state index contributed by atoms with van der Waals surface area (Å²) in [7, 11) is 0. The van der Waals surface area contributed by atoms with E-state index in [1.807, 2.05) is 73.7 Å². The molecule has 1 unspecified atom stereocenters. The number of halogens is 1. The first-order valence-electron chi connectivity index (χ1n) is 11.5. The van der Waals surface area contributed by atoms with E-state index in [0.29, 0.717) is 5.69 Å². The Morgan fingerprint density at radius 3 is 2.15 bits per heavy atom. The molecule has 0 bridgehead atoms. The van der Waals surface area contributed by atoms with Crippen LogP contribution in [0.4, 0.5) is 15.9 Å². The first kappa shape index (κ1) is 21.8. The number of hydrogen-bond donors (Lipinski definition) is 1. The smallest absolute Gasteiger partial charge is 0.272 e. The normalized spacial score (nSPS) is 14.8. The van der Waals surface area contributed by atoms with Gasteiger partial charge in [0, 0.05) is 42.6 Å². The van der Waals surface area contributed by atoms with Crippen LogP contribution in [-0.2, 0) is 0 Å². The maximum absolute atomic E-state index is 13.3. The van der Waals surface area contributed by atoms with E-state index < -0.39 is 0 Å². The minimum Gasteiger partial charge on any atom is -0.368 e. The Morgan fingerprint density at radius 2 is 1.44 bits per heavy atom. The summed E-state index contributed by atoms with van der Waals surface area (Å²) in [5.41, 5.74) is 2.37. The van der Waals surface area contributed by atoms with E-state index in [9.17, 15) is 9.18 Å². The summed E-state index contributed by atoms with van der Waals surface area (Å²) < 4.78 is 13.3. The van der Waals surface area contributed by atoms with Crippen LogP contribution in [0.3, 0.4) is 0 Å². The average molecular weight is 456 g/mol. The molecule has 7 heteroatoms. The summed E-state index contributed by atoms with van der Waals surface area (Å²) in [6.07, 6.45) is 0. The summed E-state index contributed by atoms with van der Waals surface area (Å²) in [5, 5.41) is 13.6. The van der Waals surface area contributed by atoms with E-state index in [1.165, 1.54) is 12.1 Å². The van der Waals surface area contributed by atoms with Gasteiger partial charge in [-0.1, -0.05) is 54.6 Å². The fourth-order valence-corrected chi connectivity index (χ4v) is 4.41. The molecule has 1 fully saturated rings. The monoisotopic (exact) mass is 455 g/mol. The molecule has 1 aliphatic rings. The number of carbonyl (C=O) groups excluding carboxylic acids is 1. The molecule has 5 rings (SSSR count). The number of rotatable bonds is 5. The molecule has 172 valence electrons. The third-order valence-electron chi connectivity index (χ3n) is 6.30. The second-order valence-corrected chi connectivity index (χ2v) is 8.47. The number of carbonyl (C=O) groups is 1. The fourth-order valence-electron chi connectivity index (χ4n) is 4.41. The molecule has 1 aromatic heterocycles. The van der Waals surface area contributed by atoms with Gasteiger partial charge in [0.25, 0.3) is 5.91 Å². The summed E-state index contributed by atoms with van der Waals surface area (Å²) in [4.78, 5) is 17.5. The van der Waals surface area contributed by atoms with Gasteiger partial charge in [0.15, 0.2) is 11.5 Å². The number of piperazine rings is 1. The zero-order chi connectivity index (χ0) is 23.5. The Morgan fingerprint density at radius 1 is 0.824 bits per heavy atom. The molecule has 0 aliphatic carbocycles. The highest BCUT2D eigenvalue weighted by molar-refractivity contribution is 6.07. The van der Waals surface area contributed by atoms with Crippen molar-refractivity contribution in [2.24, 2.45) is 0 Å². The van der Waals surface area contributed by atoms with Gasteiger partial charge in [0.05, 0.1) is 6.04 Å². The Kier molecular flexibility index (Phi) is 6.08. The van der Waals surface area contributed by atoms with Gasteiger partial charge < -0.3 is 15.1 Å². The molecule has 6 nitrogen and oxygen atoms in total. The molecule has 4 aromatic rings. The molecule has 0 saturated carbocycles. The third-order valence-corrected chi connectivity index (χ3v) is 6.30. The molecule has 2 heterocycles. The molecule has 0 radical (unpaired) electrons. The number of amides is 1. The highest BCUT2D eigenvalue weighted by Gasteiger charge is 2.23. The summed E-state index contributed by atoms with van der Waals surface area (Å²) in [6, 6.07) is 24.1. The first-order valence-corrected chi connectivity index (χ1v) is 11.5. The first-order chi connectivity index (χ1) is 16.6. The van der Waals surface area contributed by atoms with Crippen LogP contribution in [0.5, 0.6) is 0 Å². The predicted molar refractivity (Wildman–Crippen MR) is 133 cm³/mol. The molecular formula is C27H26FN5O. The molecule has 1 amide bonds. The molecule has 34 heavy (non-hydrogen) atoms. The van der Waals surface area contributed by atoms with Gasteiger partial charge in [-0.05, 0) is 36.8 Å². The van der Waals surface area contributed by atoms with Crippen molar-refractivity contribution in [1.29, 1.82) is 0 Å². The second kappa shape index (κ2) is 9.47. The van der Waals surface area contributed by atoms with Crippen LogP contribution in [0.2, 0.25) is 0 Å². The van der Waals surface area contributed by atoms with Gasteiger partial charge in [-0.15, -0.1) is 10.2 Å². The SMILES string of the molecule is CC(NC(=O)c1nnc(N2CCN(c3ccc(F)cc3)CC2)c2ccccc12)c1ccccc1. The van der Waals surface area contributed by atoms with Crippen LogP contribution in [0.15, 0.2) is 78.9 Å². The van der Waals surface area contributed by atoms with Crippen LogP contribution in [0, 0.1) is 5.82 Å². The average Bonchev–Trinajstić information content (AvgIpc) is 2.89. The van der Waals surface area contributed by atoms with Crippen molar-refractivity contribution in [2.45, 2.75) is 13.0 Å². The van der Waals surface area contributed by atoms with E-state index >= 15 is 0 Å². The Labute approximate surface area is 198 Å². The van der Waals surface area contributed by atoms with Crippen LogP contribution in [0.25, 0.3) is 10.8 Å². The number of nitrogens with zero attached hydrogens (tertiary/aromatic N) is 4. The van der Waals surface area contributed by atoms with E-state index in [0.717, 1.165) is 54.0 Å². The quantitative estimate of drug-likeness (QED) is 0.477. The van der Waals surface area contributed by atoms with Crippen LogP contribution >= 0.6 is 0 Å². The maximum Gasteiger partial charge on any atom is 0.272 e. The molecule has 3 aromatic carbocycles. The second-order valence-electron chi connectivity index (χ2n) is 8.47. The lowest BCUT2D eigenvalue weighted by Crippen LogP contribution is -2.47. The van der Waals surface area contributed by atoms with Gasteiger partial charge in [-0.25, -0.2) is 4.39 Å². The molecular weight excluding hydrogens is 429 g/mol. The van der Waals surface area contributed by atoms with Crippen molar-refractivity contribution in [3.05, 3.63) is 95.9 Å². The minimum absolute atomic E-state index is 0.145. The van der Waals surface area contributed by atoms with Gasteiger partial charge in [0.1, 0.15) is 5.82 Å². The van der Waals surface area contributed by atoms with E-state index in [-0.39, 0.29) is 17.8 Å². The van der Waals surface area contributed by atoms with Gasteiger partial charge in [-0.2, -0.15) is 0 Å². The molecule has 1 aliphatic heterocycles. The van der Waals surface area contributed by atoms with Crippen molar-refractivity contribution >= 4 is 28.2 Å². The fraction of sp³-hybridized carbons (Fsp3) is 0.222. The van der Waals surface area contributed by atoms with Gasteiger partial charge >= 0.3 is 0 Å². The zero-order valence-electron chi connectivity index (χ0n) is 19.0. The van der Waals surface area contributed by atoms with Crippen LogP contribution in [-0.4, -0.2) is 42.3 Å². The lowest BCUT2D eigenvalue weighted by atomic mass is 10.1. The topological polar surface area (TPSA) is 61.4 Å². The number of hydrogen-bond acceptors (Lipinski definition) is 5. The van der Waals surface area contributed by atoms with Crippen LogP contribution in [0.1, 0.15) is 29.0 Å². The highest BCUT2D eigenvalue weighted by atomic mass is 19.1. The Hall–Kier alpha value is -4.00. The number of nitrogens with one attached hydrogen (secondary N) is 1. The zero-order valence-corrected chi connectivity index (χ0v) is 19.0. The summed E-state index contributed by atoms with van der Waals surface area (Å²) in [6.45, 7) is 5.05. The Bertz CT molecular complexity index is 1290. The number of benzene rings is 3. The predicted octanol–water partition coefficient (Wildman–Crippen LogP) is 4.59. The van der Waals surface area contributed by atoms with Gasteiger partial charge in [0.2, 0.25) is 0 Å². The van der Waals surface area contributed by atoms with Crippen molar-refractivity contribution in [3.63, 3.8) is 0 Å². The van der Waals surface area contributed by atoms with E-state index in [4.69, 9.17) is 0 Å². The molecule has 0 spiro atoms. The maximum atomic E-state index is 13.3. The van der Waals surface area contributed by atoms with Crippen LogP contribution < -0.4 is 15.1 Å². The van der Waals surface area contributed by atoms with Crippen molar-refractivity contribution in [1.82, 2.24) is 15.5 Å². The largest absolute Gasteiger partial charge is 0.368 e. The van der Waals surface area contributed by atoms with Crippen molar-refractivity contribution in [3.8, 4) is 0 Å². The standard InChI is InChI=1S/C27H26FN5O/c1-19(20-7-3-2-4-8-20)29-27(34)25-23-9-5-6-10-24(23)26(31-30-25)33-17-15-32(16-18-33)22-13-11-21(28)12-14-22/h2-14,19H,15-18H2,1H3,(H,29,34). The lowest BCUT2D eigenvalue weighted by Gasteiger charge is -2.37. The number of anilines is 2. The minimum atomic E-state index is -0.243. The highest BCUT2D eigenvalue weighted by Crippen LogP contribution is 2.28. The van der Waals surface area contributed by atoms with Crippen molar-refractivity contribution < 1.29 is 9.18 Å². The molecule has 1 saturated heterocycles. The third kappa shape index (κ3) is 4.41. The number of fused-ring (bicyclic) bond motifs is 1. The molecule has 1 atom stereocenters. The van der Waals surface area contributed by atoms with E-state index in [2.05, 4.69) is 25.3 Å². The lowest BCUT2D eigenvalue weighted by molar-refractivity contribution is 0.0935. The number of aromatic nitrogens is 2. The summed E-state index contributed by atoms with van der Waals surface area (Å²) in [5.74, 6) is 0.307. The van der Waals surface area contributed by atoms with Crippen molar-refractivity contribution in [2.75, 3.05) is 36.0 Å².